The summed E-state index contributed by atoms with van der Waals surface area (Å²) < 4.78 is 18.3. The highest BCUT2D eigenvalue weighted by Gasteiger charge is 2.55. The molecule has 26 heavy (non-hydrogen) atoms. The van der Waals surface area contributed by atoms with Crippen LogP contribution < -0.4 is 5.32 Å². The lowest BCUT2D eigenvalue weighted by Gasteiger charge is -2.55. The molecule has 0 aliphatic heterocycles. The monoisotopic (exact) mass is 359 g/mol. The summed E-state index contributed by atoms with van der Waals surface area (Å²) in [5.41, 5.74) is 0.639. The topological polar surface area (TPSA) is 55.4 Å². The summed E-state index contributed by atoms with van der Waals surface area (Å²) in [5, 5.41) is 2.76. The third kappa shape index (κ3) is 3.62. The van der Waals surface area contributed by atoms with Crippen LogP contribution in [0.1, 0.15) is 44.1 Å². The summed E-state index contributed by atoms with van der Waals surface area (Å²) in [6, 6.07) is 6.22. The van der Waals surface area contributed by atoms with Crippen molar-refractivity contribution in [3.8, 4) is 0 Å². The lowest BCUT2D eigenvalue weighted by Crippen LogP contribution is -2.51. The smallest absolute Gasteiger partial charge is 0.312 e. The van der Waals surface area contributed by atoms with Crippen LogP contribution >= 0.6 is 0 Å². The molecular weight excluding hydrogens is 333 g/mol. The first-order valence-electron chi connectivity index (χ1n) is 9.71. The highest BCUT2D eigenvalue weighted by atomic mass is 19.1. The second-order valence-electron chi connectivity index (χ2n) is 8.50. The Balaban J connectivity index is 1.22. The Labute approximate surface area is 153 Å². The van der Waals surface area contributed by atoms with E-state index in [0.717, 1.165) is 24.8 Å². The van der Waals surface area contributed by atoms with Crippen molar-refractivity contribution >= 4 is 11.9 Å². The molecule has 5 heteroatoms. The summed E-state index contributed by atoms with van der Waals surface area (Å²) in [4.78, 5) is 24.7. The standard InChI is InChI=1S/C21H26FNO3/c22-18-3-1-14(2-4-18)5-6-23-19(24)13-26-20(25)21-10-15-7-16(11-21)9-17(8-15)12-21/h1-4,15-17H,5-13H2,(H,23,24). The molecule has 1 N–H and O–H groups in total. The largest absolute Gasteiger partial charge is 0.455 e. The molecule has 1 aromatic rings. The van der Waals surface area contributed by atoms with E-state index in [1.807, 2.05) is 0 Å². The molecule has 0 spiro atoms. The third-order valence-corrected chi connectivity index (χ3v) is 6.45. The summed E-state index contributed by atoms with van der Waals surface area (Å²) in [7, 11) is 0. The number of nitrogens with one attached hydrogen (secondary N) is 1. The Bertz CT molecular complexity index is 650. The zero-order valence-corrected chi connectivity index (χ0v) is 15.0. The summed E-state index contributed by atoms with van der Waals surface area (Å²) in [6.45, 7) is 0.239. The number of benzene rings is 1. The van der Waals surface area contributed by atoms with Gasteiger partial charge in [-0.25, -0.2) is 4.39 Å². The number of halogens is 1. The lowest BCUT2D eigenvalue weighted by atomic mass is 9.49. The summed E-state index contributed by atoms with van der Waals surface area (Å²) in [6.07, 6.45) is 7.29. The van der Waals surface area contributed by atoms with E-state index in [9.17, 15) is 14.0 Å². The lowest BCUT2D eigenvalue weighted by molar-refractivity contribution is -0.173. The molecule has 4 fully saturated rings. The number of carbonyl (C=O) groups is 2. The van der Waals surface area contributed by atoms with Gasteiger partial charge in [-0.05, 0) is 80.4 Å². The minimum absolute atomic E-state index is 0.162. The van der Waals surface area contributed by atoms with Crippen molar-refractivity contribution in [3.05, 3.63) is 35.6 Å². The molecule has 4 saturated carbocycles. The van der Waals surface area contributed by atoms with Crippen LogP contribution in [0.25, 0.3) is 0 Å². The van der Waals surface area contributed by atoms with Crippen molar-refractivity contribution in [1.82, 2.24) is 5.32 Å². The Kier molecular flexibility index (Phi) is 4.72. The second-order valence-corrected chi connectivity index (χ2v) is 8.50. The van der Waals surface area contributed by atoms with E-state index in [1.54, 1.807) is 12.1 Å². The first-order valence-corrected chi connectivity index (χ1v) is 9.71. The second kappa shape index (κ2) is 7.01. The van der Waals surface area contributed by atoms with Crippen LogP contribution in [0.15, 0.2) is 24.3 Å². The van der Waals surface area contributed by atoms with Gasteiger partial charge in [-0.2, -0.15) is 0 Å². The van der Waals surface area contributed by atoms with Gasteiger partial charge in [0, 0.05) is 6.54 Å². The van der Waals surface area contributed by atoms with Crippen LogP contribution in [0, 0.1) is 29.0 Å². The minimum Gasteiger partial charge on any atom is -0.455 e. The third-order valence-electron chi connectivity index (χ3n) is 6.45. The number of rotatable bonds is 6. The number of hydrogen-bond donors (Lipinski definition) is 1. The Morgan fingerprint density at radius 2 is 1.62 bits per heavy atom. The van der Waals surface area contributed by atoms with Gasteiger partial charge in [0.1, 0.15) is 5.82 Å². The fourth-order valence-electron chi connectivity index (χ4n) is 5.69. The number of amides is 1. The predicted molar refractivity (Wildman–Crippen MR) is 94.7 cm³/mol. The van der Waals surface area contributed by atoms with Crippen LogP contribution in [0.5, 0.6) is 0 Å². The zero-order valence-electron chi connectivity index (χ0n) is 15.0. The van der Waals surface area contributed by atoms with E-state index >= 15 is 0 Å². The maximum atomic E-state index is 12.9. The molecule has 0 atom stereocenters. The molecule has 4 aliphatic rings. The van der Waals surface area contributed by atoms with Gasteiger partial charge in [-0.1, -0.05) is 12.1 Å². The molecule has 140 valence electrons. The van der Waals surface area contributed by atoms with Crippen molar-refractivity contribution in [3.63, 3.8) is 0 Å². The molecular formula is C21H26FNO3. The molecule has 1 aromatic carbocycles. The highest BCUT2D eigenvalue weighted by Crippen LogP contribution is 2.60. The fourth-order valence-corrected chi connectivity index (χ4v) is 5.69. The predicted octanol–water partition coefficient (Wildman–Crippen LogP) is 3.24. The van der Waals surface area contributed by atoms with E-state index in [-0.39, 0.29) is 29.7 Å². The average molecular weight is 359 g/mol. The molecule has 1 amide bonds. The number of esters is 1. The van der Waals surface area contributed by atoms with Gasteiger partial charge in [0.05, 0.1) is 5.41 Å². The quantitative estimate of drug-likeness (QED) is 0.794. The van der Waals surface area contributed by atoms with Crippen LogP contribution in [0.3, 0.4) is 0 Å². The first-order chi connectivity index (χ1) is 12.5. The molecule has 0 radical (unpaired) electrons. The number of ether oxygens (including phenoxy) is 1. The van der Waals surface area contributed by atoms with Crippen molar-refractivity contribution in [2.45, 2.75) is 44.9 Å². The van der Waals surface area contributed by atoms with Gasteiger partial charge >= 0.3 is 5.97 Å². The summed E-state index contributed by atoms with van der Waals surface area (Å²) in [5.74, 6) is 1.33. The molecule has 5 rings (SSSR count). The van der Waals surface area contributed by atoms with Crippen LogP contribution in [0.2, 0.25) is 0 Å². The van der Waals surface area contributed by atoms with Gasteiger partial charge < -0.3 is 10.1 Å². The summed E-state index contributed by atoms with van der Waals surface area (Å²) >= 11 is 0. The normalized spacial score (nSPS) is 31.7. The average Bonchev–Trinajstić information content (AvgIpc) is 2.60. The number of carbonyl (C=O) groups excluding carboxylic acids is 2. The van der Waals surface area contributed by atoms with Crippen molar-refractivity contribution in [1.29, 1.82) is 0 Å². The molecule has 4 aliphatic carbocycles. The molecule has 0 aromatic heterocycles. The van der Waals surface area contributed by atoms with Crippen LogP contribution in [-0.4, -0.2) is 25.0 Å². The Morgan fingerprint density at radius 1 is 1.04 bits per heavy atom. The van der Waals surface area contributed by atoms with E-state index in [4.69, 9.17) is 4.74 Å². The van der Waals surface area contributed by atoms with Gasteiger partial charge in [-0.15, -0.1) is 0 Å². The van der Waals surface area contributed by atoms with Crippen molar-refractivity contribution in [2.75, 3.05) is 13.2 Å². The van der Waals surface area contributed by atoms with E-state index in [2.05, 4.69) is 5.32 Å². The Hall–Kier alpha value is -1.91. The van der Waals surface area contributed by atoms with Gasteiger partial charge in [0.15, 0.2) is 6.61 Å². The maximum Gasteiger partial charge on any atom is 0.312 e. The first kappa shape index (κ1) is 17.5. The Morgan fingerprint density at radius 3 is 2.19 bits per heavy atom. The minimum atomic E-state index is -0.316. The van der Waals surface area contributed by atoms with Gasteiger partial charge in [0.25, 0.3) is 5.91 Å². The van der Waals surface area contributed by atoms with E-state index < -0.39 is 0 Å². The highest BCUT2D eigenvalue weighted by molar-refractivity contribution is 5.83. The van der Waals surface area contributed by atoms with Crippen LogP contribution in [-0.2, 0) is 20.7 Å². The van der Waals surface area contributed by atoms with Crippen LogP contribution in [0.4, 0.5) is 4.39 Å². The van der Waals surface area contributed by atoms with Crippen molar-refractivity contribution in [2.24, 2.45) is 23.2 Å². The van der Waals surface area contributed by atoms with E-state index in [1.165, 1.54) is 31.4 Å². The van der Waals surface area contributed by atoms with Crippen molar-refractivity contribution < 1.29 is 18.7 Å². The van der Waals surface area contributed by atoms with E-state index in [0.29, 0.717) is 30.7 Å². The maximum absolute atomic E-state index is 12.9. The molecule has 0 saturated heterocycles. The SMILES string of the molecule is O=C(COC(=O)C12CC3CC(CC(C3)C1)C2)NCCc1ccc(F)cc1. The molecule has 0 heterocycles. The molecule has 4 nitrogen and oxygen atoms in total. The zero-order chi connectivity index (χ0) is 18.1. The molecule has 0 unspecified atom stereocenters. The number of hydrogen-bond acceptors (Lipinski definition) is 3. The molecule has 4 bridgehead atoms. The van der Waals surface area contributed by atoms with Gasteiger partial charge in [-0.3, -0.25) is 9.59 Å². The van der Waals surface area contributed by atoms with Gasteiger partial charge in [0.2, 0.25) is 0 Å². The fraction of sp³-hybridized carbons (Fsp3) is 0.619.